The van der Waals surface area contributed by atoms with E-state index in [9.17, 15) is 4.79 Å². The van der Waals surface area contributed by atoms with Crippen molar-refractivity contribution in [1.82, 2.24) is 20.4 Å². The van der Waals surface area contributed by atoms with Gasteiger partial charge in [-0.05, 0) is 25.8 Å². The number of carbonyl (C=O) groups is 1. The van der Waals surface area contributed by atoms with E-state index in [0.29, 0.717) is 6.54 Å². The first-order chi connectivity index (χ1) is 8.11. The molecule has 0 aromatic carbocycles. The lowest BCUT2D eigenvalue weighted by Gasteiger charge is -2.11. The summed E-state index contributed by atoms with van der Waals surface area (Å²) < 4.78 is 1.87. The highest BCUT2D eigenvalue weighted by Gasteiger charge is 2.04. The van der Waals surface area contributed by atoms with E-state index in [1.165, 1.54) is 0 Å². The Morgan fingerprint density at radius 2 is 2.35 bits per heavy atom. The van der Waals surface area contributed by atoms with Crippen molar-refractivity contribution >= 4 is 5.91 Å². The third-order valence-corrected chi connectivity index (χ3v) is 2.59. The molecule has 96 valence electrons. The van der Waals surface area contributed by atoms with Crippen LogP contribution in [0.25, 0.3) is 0 Å². The van der Waals surface area contributed by atoms with Gasteiger partial charge in [0.25, 0.3) is 0 Å². The lowest BCUT2D eigenvalue weighted by molar-refractivity contribution is -0.120. The minimum atomic E-state index is 0.0518. The van der Waals surface area contributed by atoms with Crippen LogP contribution in [0.1, 0.15) is 25.8 Å². The summed E-state index contributed by atoms with van der Waals surface area (Å²) in [5.41, 5.74) is 1.15. The van der Waals surface area contributed by atoms with Crippen molar-refractivity contribution < 1.29 is 4.79 Å². The van der Waals surface area contributed by atoms with Gasteiger partial charge in [-0.2, -0.15) is 5.10 Å². The first-order valence-electron chi connectivity index (χ1n) is 6.11. The number of aromatic nitrogens is 2. The molecule has 0 aliphatic carbocycles. The van der Waals surface area contributed by atoms with Crippen LogP contribution in [0, 0.1) is 6.92 Å². The van der Waals surface area contributed by atoms with E-state index in [-0.39, 0.29) is 11.9 Å². The molecule has 1 amide bonds. The molecule has 0 radical (unpaired) electrons. The van der Waals surface area contributed by atoms with Crippen LogP contribution in [0.15, 0.2) is 12.4 Å². The summed E-state index contributed by atoms with van der Waals surface area (Å²) in [6.45, 7) is 7.96. The lowest BCUT2D eigenvalue weighted by Crippen LogP contribution is -2.39. The Kier molecular flexibility index (Phi) is 5.69. The molecule has 0 aliphatic rings. The first kappa shape index (κ1) is 13.7. The highest BCUT2D eigenvalue weighted by molar-refractivity contribution is 5.78. The number of rotatable bonds is 7. The van der Waals surface area contributed by atoms with Crippen molar-refractivity contribution in [2.75, 3.05) is 13.1 Å². The molecular weight excluding hydrogens is 216 g/mol. The van der Waals surface area contributed by atoms with Gasteiger partial charge in [-0.25, -0.2) is 0 Å². The number of aryl methyl sites for hydroxylation is 1. The predicted molar refractivity (Wildman–Crippen MR) is 67.7 cm³/mol. The Hall–Kier alpha value is -1.36. The molecule has 17 heavy (non-hydrogen) atoms. The normalized spacial score (nSPS) is 12.4. The second-order valence-corrected chi connectivity index (χ2v) is 4.33. The van der Waals surface area contributed by atoms with Crippen molar-refractivity contribution in [3.8, 4) is 0 Å². The maximum Gasteiger partial charge on any atom is 0.234 e. The predicted octanol–water partition coefficient (Wildman–Crippen LogP) is 0.696. The first-order valence-corrected chi connectivity index (χ1v) is 6.11. The van der Waals surface area contributed by atoms with Gasteiger partial charge in [-0.1, -0.05) is 6.92 Å². The fourth-order valence-electron chi connectivity index (χ4n) is 1.41. The van der Waals surface area contributed by atoms with E-state index >= 15 is 0 Å². The van der Waals surface area contributed by atoms with E-state index < -0.39 is 0 Å². The molecule has 0 aliphatic heterocycles. The van der Waals surface area contributed by atoms with Gasteiger partial charge in [0.05, 0.1) is 19.3 Å². The Labute approximate surface area is 103 Å². The van der Waals surface area contributed by atoms with Crippen LogP contribution < -0.4 is 10.6 Å². The molecule has 0 fully saturated rings. The number of nitrogens with one attached hydrogen (secondary N) is 2. The van der Waals surface area contributed by atoms with E-state index in [4.69, 9.17) is 0 Å². The van der Waals surface area contributed by atoms with Crippen LogP contribution >= 0.6 is 0 Å². The molecule has 0 bridgehead atoms. The van der Waals surface area contributed by atoms with E-state index in [0.717, 1.165) is 25.1 Å². The third kappa shape index (κ3) is 5.49. The second-order valence-electron chi connectivity index (χ2n) is 4.33. The van der Waals surface area contributed by atoms with Gasteiger partial charge in [-0.3, -0.25) is 9.48 Å². The summed E-state index contributed by atoms with van der Waals surface area (Å²) in [6.07, 6.45) is 4.77. The minimum absolute atomic E-state index is 0.0518. The quantitative estimate of drug-likeness (QED) is 0.687. The van der Waals surface area contributed by atoms with Gasteiger partial charge >= 0.3 is 0 Å². The molecule has 1 aromatic rings. The van der Waals surface area contributed by atoms with Crippen molar-refractivity contribution in [3.63, 3.8) is 0 Å². The molecule has 0 saturated heterocycles. The van der Waals surface area contributed by atoms with Crippen LogP contribution in [-0.2, 0) is 11.3 Å². The van der Waals surface area contributed by atoms with Crippen LogP contribution in [-0.4, -0.2) is 34.8 Å². The van der Waals surface area contributed by atoms with Gasteiger partial charge < -0.3 is 10.6 Å². The standard InChI is InChI=1S/C12H22N4O/c1-4-11(3)15-12(17)8-13-5-6-16-9-10(2)7-14-16/h7,9,11,13H,4-6,8H2,1-3H3,(H,15,17). The summed E-state index contributed by atoms with van der Waals surface area (Å²) in [6, 6.07) is 0.248. The number of hydrogen-bond donors (Lipinski definition) is 2. The van der Waals surface area contributed by atoms with Gasteiger partial charge in [0.15, 0.2) is 0 Å². The largest absolute Gasteiger partial charge is 0.353 e. The van der Waals surface area contributed by atoms with Gasteiger partial charge in [-0.15, -0.1) is 0 Å². The SMILES string of the molecule is CCC(C)NC(=O)CNCCn1cc(C)cn1. The van der Waals surface area contributed by atoms with Crippen molar-refractivity contribution in [1.29, 1.82) is 0 Å². The molecular formula is C12H22N4O. The van der Waals surface area contributed by atoms with E-state index in [2.05, 4.69) is 22.7 Å². The summed E-state index contributed by atoms with van der Waals surface area (Å²) in [5.74, 6) is 0.0518. The average Bonchev–Trinajstić information content (AvgIpc) is 2.70. The molecule has 5 heteroatoms. The fraction of sp³-hybridized carbons (Fsp3) is 0.667. The number of hydrogen-bond acceptors (Lipinski definition) is 3. The Morgan fingerprint density at radius 1 is 1.59 bits per heavy atom. The average molecular weight is 238 g/mol. The van der Waals surface area contributed by atoms with Gasteiger partial charge in [0.2, 0.25) is 5.91 Å². The molecule has 5 nitrogen and oxygen atoms in total. The summed E-state index contributed by atoms with van der Waals surface area (Å²) in [5, 5.41) is 10.2. The van der Waals surface area contributed by atoms with Crippen LogP contribution in [0.5, 0.6) is 0 Å². The third-order valence-electron chi connectivity index (χ3n) is 2.59. The molecule has 1 heterocycles. The number of nitrogens with zero attached hydrogens (tertiary/aromatic N) is 2. The van der Waals surface area contributed by atoms with Crippen molar-refractivity contribution in [3.05, 3.63) is 18.0 Å². The maximum absolute atomic E-state index is 11.4. The summed E-state index contributed by atoms with van der Waals surface area (Å²) in [4.78, 5) is 11.4. The number of carbonyl (C=O) groups excluding carboxylic acids is 1. The zero-order chi connectivity index (χ0) is 12.7. The molecule has 0 saturated carbocycles. The van der Waals surface area contributed by atoms with E-state index in [1.54, 1.807) is 0 Å². The highest BCUT2D eigenvalue weighted by Crippen LogP contribution is 1.92. The van der Waals surface area contributed by atoms with Crippen molar-refractivity contribution in [2.45, 2.75) is 39.8 Å². The Bertz CT molecular complexity index is 348. The molecule has 1 aromatic heterocycles. The van der Waals surface area contributed by atoms with Crippen LogP contribution in [0.2, 0.25) is 0 Å². The van der Waals surface area contributed by atoms with Crippen LogP contribution in [0.3, 0.4) is 0 Å². The maximum atomic E-state index is 11.4. The monoisotopic (exact) mass is 238 g/mol. The van der Waals surface area contributed by atoms with Gasteiger partial charge in [0.1, 0.15) is 0 Å². The minimum Gasteiger partial charge on any atom is -0.353 e. The summed E-state index contributed by atoms with van der Waals surface area (Å²) >= 11 is 0. The van der Waals surface area contributed by atoms with Crippen LogP contribution in [0.4, 0.5) is 0 Å². The van der Waals surface area contributed by atoms with E-state index in [1.807, 2.05) is 30.9 Å². The highest BCUT2D eigenvalue weighted by atomic mass is 16.1. The smallest absolute Gasteiger partial charge is 0.234 e. The Balaban J connectivity index is 2.10. The zero-order valence-electron chi connectivity index (χ0n) is 10.9. The topological polar surface area (TPSA) is 59.0 Å². The molecule has 2 N–H and O–H groups in total. The molecule has 1 unspecified atom stereocenters. The lowest BCUT2D eigenvalue weighted by atomic mass is 10.2. The molecule has 1 rings (SSSR count). The second kappa shape index (κ2) is 7.06. The summed E-state index contributed by atoms with van der Waals surface area (Å²) in [7, 11) is 0. The van der Waals surface area contributed by atoms with Gasteiger partial charge in [0, 0.05) is 18.8 Å². The number of amides is 1. The fourth-order valence-corrected chi connectivity index (χ4v) is 1.41. The molecule has 0 spiro atoms. The molecule has 1 atom stereocenters. The zero-order valence-corrected chi connectivity index (χ0v) is 10.9. The Morgan fingerprint density at radius 3 is 2.94 bits per heavy atom. The van der Waals surface area contributed by atoms with Crippen molar-refractivity contribution in [2.24, 2.45) is 0 Å².